The standard InChI is InChI=1S/C20H21BrN4OS2/c1-3-4-5-10-27-20-23-19(26)17-14-11-13(21)7-8-15(14)22-18(25(17)24-20)16-9-6-12(2)28-16/h6-9,11,18H,3-5,10H2,1-2H3,(H,23,24,26)/t18-/m1/s1. The van der Waals surface area contributed by atoms with Crippen LogP contribution < -0.4 is 15.9 Å². The second-order valence-electron chi connectivity index (χ2n) is 6.72. The van der Waals surface area contributed by atoms with Gasteiger partial charge >= 0.3 is 0 Å². The van der Waals surface area contributed by atoms with Gasteiger partial charge in [0.15, 0.2) is 11.3 Å². The first-order valence-electron chi connectivity index (χ1n) is 9.33. The number of thiophene rings is 1. The van der Waals surface area contributed by atoms with E-state index in [1.54, 1.807) is 28.1 Å². The molecule has 0 bridgehead atoms. The van der Waals surface area contributed by atoms with Crippen molar-refractivity contribution >= 4 is 55.8 Å². The molecule has 0 radical (unpaired) electrons. The Morgan fingerprint density at radius 2 is 2.14 bits per heavy atom. The zero-order valence-corrected chi connectivity index (χ0v) is 19.0. The molecule has 146 valence electrons. The van der Waals surface area contributed by atoms with Gasteiger partial charge in [-0.15, -0.1) is 16.4 Å². The van der Waals surface area contributed by atoms with Crippen LogP contribution in [0.5, 0.6) is 0 Å². The molecule has 0 aliphatic carbocycles. The summed E-state index contributed by atoms with van der Waals surface area (Å²) in [5, 5.41) is 11.8. The molecule has 0 saturated carbocycles. The molecule has 3 heterocycles. The third-order valence-corrected chi connectivity index (χ3v) is 7.06. The molecule has 8 heteroatoms. The minimum absolute atomic E-state index is 0.125. The number of benzene rings is 1. The van der Waals surface area contributed by atoms with E-state index in [2.05, 4.69) is 47.2 Å². The van der Waals surface area contributed by atoms with Crippen molar-refractivity contribution in [1.29, 1.82) is 0 Å². The van der Waals surface area contributed by atoms with Crippen LogP contribution in [0.2, 0.25) is 0 Å². The monoisotopic (exact) mass is 476 g/mol. The van der Waals surface area contributed by atoms with Gasteiger partial charge in [-0.2, -0.15) is 0 Å². The third-order valence-electron chi connectivity index (χ3n) is 4.57. The van der Waals surface area contributed by atoms with E-state index in [0.717, 1.165) is 32.1 Å². The van der Waals surface area contributed by atoms with Crippen LogP contribution in [0.3, 0.4) is 0 Å². The number of rotatable bonds is 5. The number of aryl methyl sites for hydroxylation is 1. The number of amidine groups is 1. The Morgan fingerprint density at radius 1 is 1.29 bits per heavy atom. The first-order chi connectivity index (χ1) is 13.6. The molecule has 5 nitrogen and oxygen atoms in total. The number of hydrogen-bond donors (Lipinski definition) is 1. The summed E-state index contributed by atoms with van der Waals surface area (Å²) in [5.41, 5.74) is 0.556. The first kappa shape index (κ1) is 19.7. The number of nitrogens with one attached hydrogen (secondary N) is 1. The van der Waals surface area contributed by atoms with Gasteiger partial charge in [0.25, 0.3) is 5.91 Å². The lowest BCUT2D eigenvalue weighted by molar-refractivity contribution is -0.116. The van der Waals surface area contributed by atoms with Crippen molar-refractivity contribution < 1.29 is 4.79 Å². The van der Waals surface area contributed by atoms with E-state index in [1.807, 2.05) is 18.2 Å². The number of nitrogens with zero attached hydrogens (tertiary/aromatic N) is 3. The average Bonchev–Trinajstić information content (AvgIpc) is 3.10. The fourth-order valence-electron chi connectivity index (χ4n) is 3.22. The van der Waals surface area contributed by atoms with Crippen molar-refractivity contribution in [2.45, 2.75) is 39.3 Å². The summed E-state index contributed by atoms with van der Waals surface area (Å²) in [6, 6.07) is 10.00. The summed E-state index contributed by atoms with van der Waals surface area (Å²) in [6.07, 6.45) is 3.15. The Morgan fingerprint density at radius 3 is 2.89 bits per heavy atom. The maximum absolute atomic E-state index is 13.0. The molecule has 1 aromatic carbocycles. The summed E-state index contributed by atoms with van der Waals surface area (Å²) in [5.74, 6) is 0.818. The number of carbonyl (C=O) groups excluding carboxylic acids is 1. The van der Waals surface area contributed by atoms with E-state index in [9.17, 15) is 4.79 Å². The summed E-state index contributed by atoms with van der Waals surface area (Å²) >= 11 is 6.80. The Kier molecular flexibility index (Phi) is 5.89. The van der Waals surface area contributed by atoms with E-state index < -0.39 is 0 Å². The molecule has 0 unspecified atom stereocenters. The highest BCUT2D eigenvalue weighted by Gasteiger charge is 2.35. The summed E-state index contributed by atoms with van der Waals surface area (Å²) < 4.78 is 0.913. The molecule has 2 aliphatic rings. The van der Waals surface area contributed by atoms with Crippen molar-refractivity contribution in [3.05, 3.63) is 55.1 Å². The zero-order valence-electron chi connectivity index (χ0n) is 15.7. The SMILES string of the molecule is CCCCCSC1=NN2C(=c3cc(Br)ccc3=N[C@H]2c2ccc(C)s2)C(=O)N1. The predicted octanol–water partition coefficient (Wildman–Crippen LogP) is 3.89. The molecule has 1 atom stereocenters. The number of hydrazone groups is 1. The van der Waals surface area contributed by atoms with Crippen molar-refractivity contribution in [3.63, 3.8) is 0 Å². The van der Waals surface area contributed by atoms with Crippen LogP contribution in [0, 0.1) is 6.92 Å². The fraction of sp³-hybridized carbons (Fsp3) is 0.350. The third kappa shape index (κ3) is 3.90. The lowest BCUT2D eigenvalue weighted by atomic mass is 10.1. The second kappa shape index (κ2) is 8.39. The second-order valence-corrected chi connectivity index (χ2v) is 10.0. The van der Waals surface area contributed by atoms with Crippen LogP contribution in [0.1, 0.15) is 42.1 Å². The zero-order chi connectivity index (χ0) is 19.7. The number of carbonyl (C=O) groups is 1. The van der Waals surface area contributed by atoms with E-state index in [-0.39, 0.29) is 12.1 Å². The molecular weight excluding hydrogens is 456 g/mol. The van der Waals surface area contributed by atoms with Gasteiger partial charge in [0.2, 0.25) is 0 Å². The Bertz CT molecular complexity index is 1060. The highest BCUT2D eigenvalue weighted by atomic mass is 79.9. The number of hydrogen-bond acceptors (Lipinski definition) is 6. The molecule has 2 aliphatic heterocycles. The van der Waals surface area contributed by atoms with Crippen LogP contribution in [-0.2, 0) is 4.79 Å². The van der Waals surface area contributed by atoms with Gasteiger partial charge in [-0.1, -0.05) is 47.5 Å². The maximum atomic E-state index is 13.0. The topological polar surface area (TPSA) is 57.1 Å². The van der Waals surface area contributed by atoms with Gasteiger partial charge in [0.05, 0.1) is 10.2 Å². The van der Waals surface area contributed by atoms with Gasteiger partial charge in [-0.3, -0.25) is 15.1 Å². The molecule has 2 aromatic rings. The van der Waals surface area contributed by atoms with Crippen molar-refractivity contribution in [1.82, 2.24) is 10.3 Å². The van der Waals surface area contributed by atoms with Crippen molar-refractivity contribution in [2.24, 2.45) is 10.1 Å². The normalized spacial score (nSPS) is 18.2. The van der Waals surface area contributed by atoms with Gasteiger partial charge in [-0.05, 0) is 43.7 Å². The molecule has 28 heavy (non-hydrogen) atoms. The predicted molar refractivity (Wildman–Crippen MR) is 120 cm³/mol. The van der Waals surface area contributed by atoms with Crippen LogP contribution in [0.4, 0.5) is 0 Å². The van der Waals surface area contributed by atoms with Crippen molar-refractivity contribution in [2.75, 3.05) is 5.75 Å². The smallest absolute Gasteiger partial charge is 0.276 e. The Balaban J connectivity index is 1.79. The largest absolute Gasteiger partial charge is 0.298 e. The maximum Gasteiger partial charge on any atom is 0.276 e. The molecule has 1 aromatic heterocycles. The van der Waals surface area contributed by atoms with Gasteiger partial charge in [0, 0.05) is 20.3 Å². The molecule has 4 rings (SSSR count). The molecule has 0 spiro atoms. The van der Waals surface area contributed by atoms with E-state index >= 15 is 0 Å². The Hall–Kier alpha value is -1.64. The van der Waals surface area contributed by atoms with E-state index in [0.29, 0.717) is 10.9 Å². The first-order valence-corrected chi connectivity index (χ1v) is 11.9. The van der Waals surface area contributed by atoms with Gasteiger partial charge in [-0.25, -0.2) is 5.01 Å². The van der Waals surface area contributed by atoms with Crippen LogP contribution in [0.25, 0.3) is 5.70 Å². The molecule has 0 fully saturated rings. The highest BCUT2D eigenvalue weighted by molar-refractivity contribution is 9.10. The highest BCUT2D eigenvalue weighted by Crippen LogP contribution is 2.34. The van der Waals surface area contributed by atoms with Crippen LogP contribution in [-0.4, -0.2) is 21.8 Å². The number of thioether (sulfide) groups is 1. The molecule has 1 N–H and O–H groups in total. The lowest BCUT2D eigenvalue weighted by Gasteiger charge is -2.33. The number of fused-ring (bicyclic) bond motifs is 2. The lowest BCUT2D eigenvalue weighted by Crippen LogP contribution is -2.50. The molecular formula is C20H21BrN4OS2. The quantitative estimate of drug-likeness (QED) is 0.665. The summed E-state index contributed by atoms with van der Waals surface area (Å²) in [6.45, 7) is 4.26. The van der Waals surface area contributed by atoms with Crippen LogP contribution in [0.15, 0.2) is 44.9 Å². The average molecular weight is 477 g/mol. The number of unbranched alkanes of at least 4 members (excludes halogenated alkanes) is 2. The van der Waals surface area contributed by atoms with E-state index in [4.69, 9.17) is 10.1 Å². The molecule has 0 saturated heterocycles. The van der Waals surface area contributed by atoms with Gasteiger partial charge in [0.1, 0.15) is 5.70 Å². The number of halogens is 1. The van der Waals surface area contributed by atoms with Crippen molar-refractivity contribution in [3.8, 4) is 0 Å². The van der Waals surface area contributed by atoms with Gasteiger partial charge < -0.3 is 0 Å². The minimum Gasteiger partial charge on any atom is -0.298 e. The minimum atomic E-state index is -0.320. The summed E-state index contributed by atoms with van der Waals surface area (Å²) in [7, 11) is 0. The van der Waals surface area contributed by atoms with E-state index in [1.165, 1.54) is 17.7 Å². The number of amides is 1. The fourth-order valence-corrected chi connectivity index (χ4v) is 5.33. The Labute approximate surface area is 180 Å². The molecule has 1 amide bonds. The summed E-state index contributed by atoms with van der Waals surface area (Å²) in [4.78, 5) is 20.3. The van der Waals surface area contributed by atoms with Crippen LogP contribution >= 0.6 is 39.0 Å².